The van der Waals surface area contributed by atoms with Crippen LogP contribution in [0.5, 0.6) is 0 Å². The molecule has 1 amide bonds. The Morgan fingerprint density at radius 2 is 1.62 bits per heavy atom. The molecule has 2 aromatic carbocycles. The number of aryl methyl sites for hydroxylation is 3. The van der Waals surface area contributed by atoms with Crippen LogP contribution in [-0.4, -0.2) is 56.3 Å². The Bertz CT molecular complexity index is 1010. The lowest BCUT2D eigenvalue weighted by Crippen LogP contribution is -2.50. The van der Waals surface area contributed by atoms with Gasteiger partial charge in [-0.1, -0.05) is 18.2 Å². The third-order valence-electron chi connectivity index (χ3n) is 5.69. The van der Waals surface area contributed by atoms with Gasteiger partial charge in [-0.25, -0.2) is 8.42 Å². The van der Waals surface area contributed by atoms with E-state index in [0.717, 1.165) is 27.9 Å². The van der Waals surface area contributed by atoms with Gasteiger partial charge >= 0.3 is 0 Å². The number of nitrogens with one attached hydrogen (secondary N) is 1. The van der Waals surface area contributed by atoms with E-state index in [4.69, 9.17) is 0 Å². The number of sulfonamides is 1. The SMILES string of the molecule is Cc1ccc(S(=O)(=O)N2CCN(CC(=O)Nc3cccc(C)c3C)CC2)cc1C. The summed E-state index contributed by atoms with van der Waals surface area (Å²) in [4.78, 5) is 14.8. The summed E-state index contributed by atoms with van der Waals surface area (Å²) in [6.07, 6.45) is 0. The monoisotopic (exact) mass is 415 g/mol. The van der Waals surface area contributed by atoms with Gasteiger partial charge in [-0.2, -0.15) is 4.31 Å². The largest absolute Gasteiger partial charge is 0.325 e. The number of nitrogens with zero attached hydrogens (tertiary/aromatic N) is 2. The van der Waals surface area contributed by atoms with Crippen LogP contribution in [0, 0.1) is 27.7 Å². The molecule has 2 aromatic rings. The van der Waals surface area contributed by atoms with Crippen molar-refractivity contribution in [3.63, 3.8) is 0 Å². The molecule has 29 heavy (non-hydrogen) atoms. The molecule has 6 nitrogen and oxygen atoms in total. The van der Waals surface area contributed by atoms with Crippen molar-refractivity contribution in [1.29, 1.82) is 0 Å². The van der Waals surface area contributed by atoms with Gasteiger partial charge in [-0.05, 0) is 68.1 Å². The Balaban J connectivity index is 1.58. The summed E-state index contributed by atoms with van der Waals surface area (Å²) >= 11 is 0. The molecule has 0 spiro atoms. The maximum absolute atomic E-state index is 12.9. The van der Waals surface area contributed by atoms with Crippen LogP contribution in [0.25, 0.3) is 0 Å². The second kappa shape index (κ2) is 8.65. The first-order chi connectivity index (χ1) is 13.7. The van der Waals surface area contributed by atoms with Crippen LogP contribution in [0.4, 0.5) is 5.69 Å². The number of amides is 1. The van der Waals surface area contributed by atoms with Crippen LogP contribution in [0.15, 0.2) is 41.3 Å². The third kappa shape index (κ3) is 4.86. The van der Waals surface area contributed by atoms with Crippen molar-refractivity contribution in [2.45, 2.75) is 32.6 Å². The first-order valence-electron chi connectivity index (χ1n) is 9.84. The molecule has 7 heteroatoms. The minimum atomic E-state index is -3.51. The molecule has 0 aliphatic carbocycles. The number of carbonyl (C=O) groups excluding carboxylic acids is 1. The lowest BCUT2D eigenvalue weighted by Gasteiger charge is -2.33. The van der Waals surface area contributed by atoms with Crippen LogP contribution in [0.2, 0.25) is 0 Å². The summed E-state index contributed by atoms with van der Waals surface area (Å²) in [6.45, 7) is 9.97. The molecule has 0 bridgehead atoms. The molecule has 0 radical (unpaired) electrons. The maximum atomic E-state index is 12.9. The lowest BCUT2D eigenvalue weighted by atomic mass is 10.1. The van der Waals surface area contributed by atoms with Gasteiger partial charge < -0.3 is 5.32 Å². The number of piperazine rings is 1. The molecule has 1 aliphatic heterocycles. The molecule has 1 aliphatic rings. The van der Waals surface area contributed by atoms with Crippen LogP contribution >= 0.6 is 0 Å². The quantitative estimate of drug-likeness (QED) is 0.815. The van der Waals surface area contributed by atoms with Gasteiger partial charge in [0.15, 0.2) is 0 Å². The third-order valence-corrected chi connectivity index (χ3v) is 7.59. The number of rotatable bonds is 5. The number of hydrogen-bond donors (Lipinski definition) is 1. The van der Waals surface area contributed by atoms with Crippen molar-refractivity contribution in [2.24, 2.45) is 0 Å². The zero-order valence-electron chi connectivity index (χ0n) is 17.5. The van der Waals surface area contributed by atoms with Gasteiger partial charge in [-0.15, -0.1) is 0 Å². The number of hydrogen-bond acceptors (Lipinski definition) is 4. The Morgan fingerprint density at radius 3 is 2.28 bits per heavy atom. The topological polar surface area (TPSA) is 69.7 Å². The zero-order chi connectivity index (χ0) is 21.2. The molecule has 1 heterocycles. The molecular weight excluding hydrogens is 386 g/mol. The van der Waals surface area contributed by atoms with E-state index < -0.39 is 10.0 Å². The van der Waals surface area contributed by atoms with E-state index in [1.54, 1.807) is 12.1 Å². The smallest absolute Gasteiger partial charge is 0.243 e. The van der Waals surface area contributed by atoms with Gasteiger partial charge in [0.2, 0.25) is 15.9 Å². The Labute approximate surface area is 173 Å². The summed E-state index contributed by atoms with van der Waals surface area (Å²) in [6, 6.07) is 11.1. The molecule has 0 atom stereocenters. The predicted molar refractivity (Wildman–Crippen MR) is 116 cm³/mol. The van der Waals surface area contributed by atoms with E-state index in [1.807, 2.05) is 56.9 Å². The molecule has 156 valence electrons. The highest BCUT2D eigenvalue weighted by molar-refractivity contribution is 7.89. The first kappa shape index (κ1) is 21.5. The normalized spacial score (nSPS) is 16.0. The highest BCUT2D eigenvalue weighted by atomic mass is 32.2. The molecule has 0 aromatic heterocycles. The molecular formula is C22H29N3O3S. The summed E-state index contributed by atoms with van der Waals surface area (Å²) in [5, 5.41) is 2.96. The maximum Gasteiger partial charge on any atom is 0.243 e. The van der Waals surface area contributed by atoms with E-state index in [0.29, 0.717) is 31.1 Å². The number of carbonyl (C=O) groups is 1. The van der Waals surface area contributed by atoms with Crippen molar-refractivity contribution in [2.75, 3.05) is 38.0 Å². The highest BCUT2D eigenvalue weighted by Crippen LogP contribution is 2.21. The second-order valence-electron chi connectivity index (χ2n) is 7.72. The fourth-order valence-electron chi connectivity index (χ4n) is 3.43. The summed E-state index contributed by atoms with van der Waals surface area (Å²) in [5.74, 6) is -0.0795. The lowest BCUT2D eigenvalue weighted by molar-refractivity contribution is -0.117. The number of anilines is 1. The zero-order valence-corrected chi connectivity index (χ0v) is 18.3. The molecule has 1 N–H and O–H groups in total. The van der Waals surface area contributed by atoms with E-state index in [1.165, 1.54) is 4.31 Å². The van der Waals surface area contributed by atoms with Crippen molar-refractivity contribution in [1.82, 2.24) is 9.21 Å². The minimum absolute atomic E-state index is 0.0795. The van der Waals surface area contributed by atoms with E-state index in [9.17, 15) is 13.2 Å². The fraction of sp³-hybridized carbons (Fsp3) is 0.409. The van der Waals surface area contributed by atoms with E-state index in [2.05, 4.69) is 5.32 Å². The first-order valence-corrected chi connectivity index (χ1v) is 11.3. The fourth-order valence-corrected chi connectivity index (χ4v) is 4.94. The van der Waals surface area contributed by atoms with E-state index >= 15 is 0 Å². The highest BCUT2D eigenvalue weighted by Gasteiger charge is 2.29. The molecule has 0 saturated carbocycles. The average Bonchev–Trinajstić information content (AvgIpc) is 2.68. The van der Waals surface area contributed by atoms with Crippen LogP contribution in [0.1, 0.15) is 22.3 Å². The van der Waals surface area contributed by atoms with Gasteiger partial charge in [-0.3, -0.25) is 9.69 Å². The molecule has 1 saturated heterocycles. The van der Waals surface area contributed by atoms with Gasteiger partial charge in [0.05, 0.1) is 11.4 Å². The molecule has 3 rings (SSSR count). The number of benzene rings is 2. The second-order valence-corrected chi connectivity index (χ2v) is 9.66. The standard InChI is InChI=1S/C22H29N3O3S/c1-16-8-9-20(14-18(16)3)29(27,28)25-12-10-24(11-13-25)15-22(26)23-21-7-5-6-17(2)19(21)4/h5-9,14H,10-13,15H2,1-4H3,(H,23,26). The minimum Gasteiger partial charge on any atom is -0.325 e. The van der Waals surface area contributed by atoms with Gasteiger partial charge in [0.1, 0.15) is 0 Å². The summed E-state index contributed by atoms with van der Waals surface area (Å²) in [5.41, 5.74) is 5.06. The predicted octanol–water partition coefficient (Wildman–Crippen LogP) is 2.87. The van der Waals surface area contributed by atoms with Crippen molar-refractivity contribution < 1.29 is 13.2 Å². The van der Waals surface area contributed by atoms with Crippen LogP contribution in [0.3, 0.4) is 0 Å². The van der Waals surface area contributed by atoms with Crippen molar-refractivity contribution in [3.8, 4) is 0 Å². The molecule has 0 unspecified atom stereocenters. The van der Waals surface area contributed by atoms with Crippen LogP contribution < -0.4 is 5.32 Å². The van der Waals surface area contributed by atoms with Gasteiger partial charge in [0.25, 0.3) is 0 Å². The van der Waals surface area contributed by atoms with Crippen molar-refractivity contribution >= 4 is 21.6 Å². The molecule has 1 fully saturated rings. The van der Waals surface area contributed by atoms with E-state index in [-0.39, 0.29) is 12.5 Å². The Morgan fingerprint density at radius 1 is 0.931 bits per heavy atom. The Kier molecular flexibility index (Phi) is 6.41. The van der Waals surface area contributed by atoms with Gasteiger partial charge in [0, 0.05) is 31.9 Å². The van der Waals surface area contributed by atoms with Crippen molar-refractivity contribution in [3.05, 3.63) is 58.7 Å². The average molecular weight is 416 g/mol. The summed E-state index contributed by atoms with van der Waals surface area (Å²) in [7, 11) is -3.51. The summed E-state index contributed by atoms with van der Waals surface area (Å²) < 4.78 is 27.3. The van der Waals surface area contributed by atoms with Crippen LogP contribution in [-0.2, 0) is 14.8 Å². The Hall–Kier alpha value is -2.22.